The highest BCUT2D eigenvalue weighted by molar-refractivity contribution is 9.10. The minimum Gasteiger partial charge on any atom is -0.355 e. The summed E-state index contributed by atoms with van der Waals surface area (Å²) in [6.07, 6.45) is 4.58. The summed E-state index contributed by atoms with van der Waals surface area (Å²) >= 11 is 5.20. The van der Waals surface area contributed by atoms with Gasteiger partial charge in [-0.15, -0.1) is 11.8 Å². The Bertz CT molecular complexity index is 387. The Morgan fingerprint density at radius 1 is 1.28 bits per heavy atom. The summed E-state index contributed by atoms with van der Waals surface area (Å²) in [6.45, 7) is 0.760. The van der Waals surface area contributed by atoms with Crippen molar-refractivity contribution in [3.8, 4) is 0 Å². The topological polar surface area (TPSA) is 29.1 Å². The van der Waals surface area contributed by atoms with Gasteiger partial charge >= 0.3 is 0 Å². The SMILES string of the molecule is O=C(NCCSc1ccc(Br)cc1)C1CCCC1. The second kappa shape index (κ2) is 7.19. The smallest absolute Gasteiger partial charge is 0.223 e. The van der Waals surface area contributed by atoms with Crippen molar-refractivity contribution in [1.29, 1.82) is 0 Å². The molecule has 1 aromatic rings. The van der Waals surface area contributed by atoms with Crippen molar-refractivity contribution in [2.24, 2.45) is 5.92 Å². The van der Waals surface area contributed by atoms with Crippen LogP contribution in [0.5, 0.6) is 0 Å². The number of thioether (sulfide) groups is 1. The van der Waals surface area contributed by atoms with Gasteiger partial charge in [-0.2, -0.15) is 0 Å². The fraction of sp³-hybridized carbons (Fsp3) is 0.500. The van der Waals surface area contributed by atoms with E-state index in [9.17, 15) is 4.79 Å². The van der Waals surface area contributed by atoms with Crippen molar-refractivity contribution in [1.82, 2.24) is 5.32 Å². The van der Waals surface area contributed by atoms with Gasteiger partial charge in [-0.1, -0.05) is 28.8 Å². The van der Waals surface area contributed by atoms with Crippen molar-refractivity contribution in [3.05, 3.63) is 28.7 Å². The molecule has 1 amide bonds. The van der Waals surface area contributed by atoms with E-state index in [4.69, 9.17) is 0 Å². The molecule has 1 aliphatic rings. The molecule has 1 aliphatic carbocycles. The van der Waals surface area contributed by atoms with Crippen LogP contribution < -0.4 is 5.32 Å². The Hall–Kier alpha value is -0.480. The summed E-state index contributed by atoms with van der Waals surface area (Å²) < 4.78 is 1.10. The molecule has 0 aromatic heterocycles. The lowest BCUT2D eigenvalue weighted by Gasteiger charge is -2.09. The Labute approximate surface area is 121 Å². The first-order valence-corrected chi connectivity index (χ1v) is 8.19. The number of carbonyl (C=O) groups excluding carboxylic acids is 1. The highest BCUT2D eigenvalue weighted by Crippen LogP contribution is 2.24. The summed E-state index contributed by atoms with van der Waals surface area (Å²) in [5.41, 5.74) is 0. The number of hydrogen-bond donors (Lipinski definition) is 1. The van der Waals surface area contributed by atoms with Gasteiger partial charge in [-0.3, -0.25) is 4.79 Å². The van der Waals surface area contributed by atoms with Gasteiger partial charge in [0.15, 0.2) is 0 Å². The molecule has 0 spiro atoms. The lowest BCUT2D eigenvalue weighted by Crippen LogP contribution is -2.30. The quantitative estimate of drug-likeness (QED) is 0.657. The molecule has 1 saturated carbocycles. The lowest BCUT2D eigenvalue weighted by molar-refractivity contribution is -0.124. The molecule has 2 nitrogen and oxygen atoms in total. The van der Waals surface area contributed by atoms with Crippen molar-refractivity contribution < 1.29 is 4.79 Å². The maximum absolute atomic E-state index is 11.8. The summed E-state index contributed by atoms with van der Waals surface area (Å²) in [4.78, 5) is 13.0. The number of nitrogens with one attached hydrogen (secondary N) is 1. The van der Waals surface area contributed by atoms with Crippen LogP contribution in [-0.2, 0) is 4.79 Å². The molecule has 1 N–H and O–H groups in total. The van der Waals surface area contributed by atoms with Crippen LogP contribution >= 0.6 is 27.7 Å². The zero-order chi connectivity index (χ0) is 12.8. The van der Waals surface area contributed by atoms with E-state index >= 15 is 0 Å². The molecule has 0 unspecified atom stereocenters. The third-order valence-corrected chi connectivity index (χ3v) is 4.75. The van der Waals surface area contributed by atoms with Gasteiger partial charge in [0.05, 0.1) is 0 Å². The van der Waals surface area contributed by atoms with Gasteiger partial charge < -0.3 is 5.32 Å². The normalized spacial score (nSPS) is 15.8. The van der Waals surface area contributed by atoms with Gasteiger partial charge in [0.25, 0.3) is 0 Å². The van der Waals surface area contributed by atoms with Gasteiger partial charge in [0.1, 0.15) is 0 Å². The van der Waals surface area contributed by atoms with E-state index in [0.29, 0.717) is 0 Å². The molecule has 1 fully saturated rings. The first kappa shape index (κ1) is 13.9. The molecular weight excluding hydrogens is 310 g/mol. The third kappa shape index (κ3) is 4.32. The fourth-order valence-corrected chi connectivity index (χ4v) is 3.24. The molecule has 18 heavy (non-hydrogen) atoms. The predicted molar refractivity (Wildman–Crippen MR) is 79.8 cm³/mol. The van der Waals surface area contributed by atoms with E-state index in [0.717, 1.165) is 29.6 Å². The molecule has 0 heterocycles. The molecule has 98 valence electrons. The van der Waals surface area contributed by atoms with Crippen molar-refractivity contribution in [2.45, 2.75) is 30.6 Å². The summed E-state index contributed by atoms with van der Waals surface area (Å²) in [5.74, 6) is 1.46. The van der Waals surface area contributed by atoms with E-state index in [1.54, 1.807) is 11.8 Å². The first-order chi connectivity index (χ1) is 8.75. The zero-order valence-electron chi connectivity index (χ0n) is 10.3. The van der Waals surface area contributed by atoms with Crippen LogP contribution in [0.2, 0.25) is 0 Å². The molecule has 0 atom stereocenters. The number of hydrogen-bond acceptors (Lipinski definition) is 2. The molecule has 2 rings (SSSR count). The highest BCUT2D eigenvalue weighted by atomic mass is 79.9. The molecule has 0 aliphatic heterocycles. The summed E-state index contributed by atoms with van der Waals surface area (Å²) in [6, 6.07) is 8.26. The Morgan fingerprint density at radius 3 is 2.61 bits per heavy atom. The second-order valence-electron chi connectivity index (χ2n) is 4.57. The molecule has 0 radical (unpaired) electrons. The average Bonchev–Trinajstić information content (AvgIpc) is 2.90. The maximum atomic E-state index is 11.8. The van der Waals surface area contributed by atoms with Crippen LogP contribution in [0.15, 0.2) is 33.6 Å². The second-order valence-corrected chi connectivity index (χ2v) is 6.66. The largest absolute Gasteiger partial charge is 0.355 e. The average molecular weight is 328 g/mol. The van der Waals surface area contributed by atoms with Crippen LogP contribution in [0.3, 0.4) is 0 Å². The van der Waals surface area contributed by atoms with E-state index in [1.807, 2.05) is 12.1 Å². The molecular formula is C14H18BrNOS. The van der Waals surface area contributed by atoms with Gasteiger partial charge in [0, 0.05) is 27.6 Å². The molecule has 0 bridgehead atoms. The predicted octanol–water partition coefficient (Wildman–Crippen LogP) is 3.85. The van der Waals surface area contributed by atoms with Crippen molar-refractivity contribution >= 4 is 33.6 Å². The zero-order valence-corrected chi connectivity index (χ0v) is 12.7. The van der Waals surface area contributed by atoms with Gasteiger partial charge in [-0.05, 0) is 37.1 Å². The molecule has 0 saturated heterocycles. The van der Waals surface area contributed by atoms with Crippen molar-refractivity contribution in [3.63, 3.8) is 0 Å². The van der Waals surface area contributed by atoms with Crippen LogP contribution in [0.4, 0.5) is 0 Å². The summed E-state index contributed by atoms with van der Waals surface area (Å²) in [5, 5.41) is 3.04. The first-order valence-electron chi connectivity index (χ1n) is 6.42. The Balaban J connectivity index is 1.63. The Morgan fingerprint density at radius 2 is 1.94 bits per heavy atom. The number of benzene rings is 1. The third-order valence-electron chi connectivity index (χ3n) is 3.21. The number of halogens is 1. The Kier molecular flexibility index (Phi) is 5.57. The van der Waals surface area contributed by atoms with Crippen LogP contribution in [0.1, 0.15) is 25.7 Å². The number of amides is 1. The van der Waals surface area contributed by atoms with Crippen LogP contribution in [0, 0.1) is 5.92 Å². The van der Waals surface area contributed by atoms with Crippen molar-refractivity contribution in [2.75, 3.05) is 12.3 Å². The maximum Gasteiger partial charge on any atom is 0.223 e. The molecule has 4 heteroatoms. The number of carbonyl (C=O) groups is 1. The molecule has 1 aromatic carbocycles. The van der Waals surface area contributed by atoms with E-state index < -0.39 is 0 Å². The van der Waals surface area contributed by atoms with Crippen LogP contribution in [0.25, 0.3) is 0 Å². The monoisotopic (exact) mass is 327 g/mol. The van der Waals surface area contributed by atoms with E-state index in [2.05, 4.69) is 33.4 Å². The van der Waals surface area contributed by atoms with E-state index in [1.165, 1.54) is 17.7 Å². The highest BCUT2D eigenvalue weighted by Gasteiger charge is 2.21. The van der Waals surface area contributed by atoms with Crippen LogP contribution in [-0.4, -0.2) is 18.2 Å². The van der Waals surface area contributed by atoms with E-state index in [-0.39, 0.29) is 11.8 Å². The number of rotatable bonds is 5. The fourth-order valence-electron chi connectivity index (χ4n) is 2.21. The minimum atomic E-state index is 0.254. The summed E-state index contributed by atoms with van der Waals surface area (Å²) in [7, 11) is 0. The van der Waals surface area contributed by atoms with Gasteiger partial charge in [0.2, 0.25) is 5.91 Å². The lowest BCUT2D eigenvalue weighted by atomic mass is 10.1. The standard InChI is InChI=1S/C14H18BrNOS/c15-12-5-7-13(8-6-12)18-10-9-16-14(17)11-3-1-2-4-11/h5-8,11H,1-4,9-10H2,(H,16,17). The minimum absolute atomic E-state index is 0.254. The van der Waals surface area contributed by atoms with Gasteiger partial charge in [-0.25, -0.2) is 0 Å².